The fraction of sp³-hybridized carbons (Fsp3) is 0.600. The van der Waals surface area contributed by atoms with E-state index in [2.05, 4.69) is 33.9 Å². The van der Waals surface area contributed by atoms with Gasteiger partial charge in [0.25, 0.3) is 0 Å². The van der Waals surface area contributed by atoms with E-state index in [4.69, 9.17) is 5.84 Å². The van der Waals surface area contributed by atoms with Gasteiger partial charge >= 0.3 is 0 Å². The number of hydrogen-bond donors (Lipinski definition) is 3. The summed E-state index contributed by atoms with van der Waals surface area (Å²) in [5.41, 5.74) is 3.68. The van der Waals surface area contributed by atoms with Crippen molar-refractivity contribution >= 4 is 23.4 Å². The zero-order chi connectivity index (χ0) is 11.8. The van der Waals surface area contributed by atoms with Gasteiger partial charge in [-0.3, -0.25) is 0 Å². The van der Waals surface area contributed by atoms with Gasteiger partial charge in [0.05, 0.1) is 0 Å². The summed E-state index contributed by atoms with van der Waals surface area (Å²) >= 11 is 1.80. The average Bonchev–Trinajstić information content (AvgIpc) is 2.31. The molecular weight excluding hydrogens is 222 g/mol. The maximum absolute atomic E-state index is 5.43. The number of hydrazine groups is 1. The van der Waals surface area contributed by atoms with Crippen LogP contribution < -0.4 is 16.6 Å². The van der Waals surface area contributed by atoms with Gasteiger partial charge in [0.1, 0.15) is 18.0 Å². The Morgan fingerprint density at radius 1 is 1.38 bits per heavy atom. The Kier molecular flexibility index (Phi) is 5.95. The molecule has 0 radical (unpaired) electrons. The second-order valence-corrected chi connectivity index (χ2v) is 4.35. The lowest BCUT2D eigenvalue weighted by atomic mass is 10.1. The Hall–Kier alpha value is -1.01. The number of nitrogens with two attached hydrogens (primary N) is 1. The Balaban J connectivity index is 2.79. The van der Waals surface area contributed by atoms with Crippen LogP contribution in [0.25, 0.3) is 0 Å². The van der Waals surface area contributed by atoms with Crippen molar-refractivity contribution in [1.29, 1.82) is 0 Å². The second kappa shape index (κ2) is 7.29. The Bertz CT molecular complexity index is 318. The lowest BCUT2D eigenvalue weighted by Gasteiger charge is -2.12. The van der Waals surface area contributed by atoms with Crippen LogP contribution in [-0.2, 0) is 6.42 Å². The van der Waals surface area contributed by atoms with Crippen LogP contribution in [0.2, 0.25) is 0 Å². The van der Waals surface area contributed by atoms with Crippen molar-refractivity contribution in [1.82, 2.24) is 9.97 Å². The largest absolute Gasteiger partial charge is 0.369 e. The topological polar surface area (TPSA) is 75.9 Å². The molecule has 0 atom stereocenters. The van der Waals surface area contributed by atoms with Gasteiger partial charge in [-0.05, 0) is 12.7 Å². The van der Waals surface area contributed by atoms with Crippen molar-refractivity contribution in [2.45, 2.75) is 19.8 Å². The van der Waals surface area contributed by atoms with Gasteiger partial charge in [-0.15, -0.1) is 0 Å². The molecule has 1 aromatic heterocycles. The molecule has 6 heteroatoms. The quantitative estimate of drug-likeness (QED) is 0.381. The highest BCUT2D eigenvalue weighted by Crippen LogP contribution is 2.20. The first-order valence-electron chi connectivity index (χ1n) is 5.36. The van der Waals surface area contributed by atoms with Gasteiger partial charge in [0.2, 0.25) is 0 Å². The fourth-order valence-corrected chi connectivity index (χ4v) is 1.75. The first-order chi connectivity index (χ1) is 7.83. The maximum atomic E-state index is 5.43. The van der Waals surface area contributed by atoms with Crippen LogP contribution in [0.1, 0.15) is 18.9 Å². The third-order valence-corrected chi connectivity index (χ3v) is 2.79. The first-order valence-corrected chi connectivity index (χ1v) is 6.76. The molecule has 0 saturated heterocycles. The third-order valence-electron chi connectivity index (χ3n) is 2.18. The van der Waals surface area contributed by atoms with Crippen molar-refractivity contribution in [2.24, 2.45) is 5.84 Å². The molecule has 0 saturated carbocycles. The lowest BCUT2D eigenvalue weighted by molar-refractivity contribution is 0.899. The lowest BCUT2D eigenvalue weighted by Crippen LogP contribution is -2.15. The van der Waals surface area contributed by atoms with Gasteiger partial charge in [-0.1, -0.05) is 13.3 Å². The summed E-state index contributed by atoms with van der Waals surface area (Å²) in [7, 11) is 0. The van der Waals surface area contributed by atoms with Gasteiger partial charge in [-0.25, -0.2) is 15.8 Å². The van der Waals surface area contributed by atoms with Gasteiger partial charge in [-0.2, -0.15) is 11.8 Å². The molecule has 1 rings (SSSR count). The van der Waals surface area contributed by atoms with Crippen LogP contribution in [-0.4, -0.2) is 28.5 Å². The predicted octanol–water partition coefficient (Wildman–Crippen LogP) is 1.49. The van der Waals surface area contributed by atoms with Gasteiger partial charge < -0.3 is 10.7 Å². The molecule has 4 N–H and O–H groups in total. The van der Waals surface area contributed by atoms with Crippen molar-refractivity contribution in [3.8, 4) is 0 Å². The molecule has 0 spiro atoms. The Morgan fingerprint density at radius 3 is 2.75 bits per heavy atom. The molecule has 90 valence electrons. The summed E-state index contributed by atoms with van der Waals surface area (Å²) in [5, 5.41) is 3.31. The summed E-state index contributed by atoms with van der Waals surface area (Å²) in [6, 6.07) is 0. The molecule has 16 heavy (non-hydrogen) atoms. The minimum Gasteiger partial charge on any atom is -0.369 e. The van der Waals surface area contributed by atoms with Crippen molar-refractivity contribution in [3.63, 3.8) is 0 Å². The van der Waals surface area contributed by atoms with Crippen LogP contribution >= 0.6 is 11.8 Å². The monoisotopic (exact) mass is 241 g/mol. The molecule has 1 aromatic rings. The molecule has 0 aliphatic carbocycles. The van der Waals surface area contributed by atoms with E-state index in [1.54, 1.807) is 11.8 Å². The summed E-state index contributed by atoms with van der Waals surface area (Å²) in [5.74, 6) is 8.09. The van der Waals surface area contributed by atoms with Gasteiger partial charge in [0, 0.05) is 17.9 Å². The van der Waals surface area contributed by atoms with Crippen molar-refractivity contribution in [2.75, 3.05) is 29.3 Å². The smallest absolute Gasteiger partial charge is 0.148 e. The van der Waals surface area contributed by atoms with E-state index in [-0.39, 0.29) is 0 Å². The molecule has 0 aliphatic heterocycles. The van der Waals surface area contributed by atoms with E-state index in [0.717, 1.165) is 36.5 Å². The highest BCUT2D eigenvalue weighted by Gasteiger charge is 2.08. The standard InChI is InChI=1S/C10H19N5S/c1-3-4-8-9(12-5-6-16-2)13-7-14-10(8)15-11/h7H,3-6,11H2,1-2H3,(H2,12,13,14,15). The zero-order valence-corrected chi connectivity index (χ0v) is 10.6. The highest BCUT2D eigenvalue weighted by molar-refractivity contribution is 7.98. The zero-order valence-electron chi connectivity index (χ0n) is 9.79. The van der Waals surface area contributed by atoms with Crippen molar-refractivity contribution in [3.05, 3.63) is 11.9 Å². The average molecular weight is 241 g/mol. The van der Waals surface area contributed by atoms with E-state index in [0.29, 0.717) is 5.82 Å². The number of nitrogen functional groups attached to an aromatic ring is 1. The van der Waals surface area contributed by atoms with Crippen molar-refractivity contribution < 1.29 is 0 Å². The Morgan fingerprint density at radius 2 is 2.12 bits per heavy atom. The first kappa shape index (κ1) is 13.1. The van der Waals surface area contributed by atoms with Crippen LogP contribution in [0.3, 0.4) is 0 Å². The van der Waals surface area contributed by atoms with E-state index in [1.807, 2.05) is 0 Å². The van der Waals surface area contributed by atoms with E-state index in [9.17, 15) is 0 Å². The van der Waals surface area contributed by atoms with E-state index in [1.165, 1.54) is 6.33 Å². The minimum atomic E-state index is 0.712. The molecule has 0 unspecified atom stereocenters. The van der Waals surface area contributed by atoms with Crippen LogP contribution in [0.15, 0.2) is 6.33 Å². The number of thioether (sulfide) groups is 1. The summed E-state index contributed by atoms with van der Waals surface area (Å²) < 4.78 is 0. The van der Waals surface area contributed by atoms with E-state index < -0.39 is 0 Å². The number of nitrogens with one attached hydrogen (secondary N) is 2. The molecular formula is C10H19N5S. The summed E-state index contributed by atoms with van der Waals surface area (Å²) in [6.07, 6.45) is 5.57. The molecule has 0 fully saturated rings. The second-order valence-electron chi connectivity index (χ2n) is 3.36. The maximum Gasteiger partial charge on any atom is 0.148 e. The molecule has 0 aliphatic rings. The van der Waals surface area contributed by atoms with Crippen LogP contribution in [0.5, 0.6) is 0 Å². The van der Waals surface area contributed by atoms with Crippen LogP contribution in [0.4, 0.5) is 11.6 Å². The number of aromatic nitrogens is 2. The summed E-state index contributed by atoms with van der Waals surface area (Å²) in [4.78, 5) is 8.36. The number of anilines is 2. The van der Waals surface area contributed by atoms with E-state index >= 15 is 0 Å². The molecule has 0 bridgehead atoms. The van der Waals surface area contributed by atoms with Crippen LogP contribution in [0, 0.1) is 0 Å². The number of nitrogens with zero attached hydrogens (tertiary/aromatic N) is 2. The summed E-state index contributed by atoms with van der Waals surface area (Å²) in [6.45, 7) is 3.03. The normalized spacial score (nSPS) is 10.2. The molecule has 1 heterocycles. The number of hydrogen-bond acceptors (Lipinski definition) is 6. The SMILES string of the molecule is CCCc1c(NN)ncnc1NCCSC. The third kappa shape index (κ3) is 3.53. The fourth-order valence-electron chi connectivity index (χ4n) is 1.45. The predicted molar refractivity (Wildman–Crippen MR) is 70.7 cm³/mol. The Labute approximate surface area is 101 Å². The van der Waals surface area contributed by atoms with Gasteiger partial charge in [0.15, 0.2) is 0 Å². The molecule has 0 amide bonds. The minimum absolute atomic E-state index is 0.712. The number of rotatable bonds is 7. The molecule has 5 nitrogen and oxygen atoms in total. The highest BCUT2D eigenvalue weighted by atomic mass is 32.2. The molecule has 0 aromatic carbocycles.